The van der Waals surface area contributed by atoms with E-state index in [-0.39, 0.29) is 10.8 Å². The molecule has 134 valence electrons. The fraction of sp³-hybridized carbons (Fsp3) is 0.500. The zero-order valence-electron chi connectivity index (χ0n) is 15.2. The van der Waals surface area contributed by atoms with Gasteiger partial charge in [-0.2, -0.15) is 0 Å². The molecule has 1 N–H and O–H groups in total. The second-order valence-electron chi connectivity index (χ2n) is 7.09. The molecule has 0 atom stereocenters. The predicted molar refractivity (Wildman–Crippen MR) is 106 cm³/mol. The molecule has 1 amide bonds. The Balaban J connectivity index is 1.54. The summed E-state index contributed by atoms with van der Waals surface area (Å²) in [6.07, 6.45) is 7.71. The van der Waals surface area contributed by atoms with Gasteiger partial charge in [0.25, 0.3) is 0 Å². The fourth-order valence-corrected chi connectivity index (χ4v) is 4.18. The van der Waals surface area contributed by atoms with Crippen molar-refractivity contribution in [3.05, 3.63) is 29.8 Å². The molecule has 0 bridgehead atoms. The Morgan fingerprint density at radius 1 is 1.24 bits per heavy atom. The Labute approximate surface area is 154 Å². The first-order valence-electron chi connectivity index (χ1n) is 9.09. The van der Waals surface area contributed by atoms with Crippen LogP contribution in [-0.2, 0) is 0 Å². The van der Waals surface area contributed by atoms with Crippen LogP contribution < -0.4 is 10.1 Å². The summed E-state index contributed by atoms with van der Waals surface area (Å²) in [5.74, 6) is 0.564. The van der Waals surface area contributed by atoms with Crippen LogP contribution in [0, 0.1) is 0 Å². The number of aliphatic imine (C=N–C) groups is 1. The standard InChI is InChI=1S/C20H26N2O2S/c1-4-5-6-7-8-11-21-19(23)24-14-9-10-17-15(12-14)16-13-20(2,3)25-18(16)22-17/h9-10,12-13H,4-8,11H2,1-3H3,(H,21,23). The molecular formula is C20H26N2O2S. The number of hydrogen-bond donors (Lipinski definition) is 1. The topological polar surface area (TPSA) is 50.7 Å². The van der Waals surface area contributed by atoms with Gasteiger partial charge in [-0.1, -0.05) is 50.4 Å². The van der Waals surface area contributed by atoms with Crippen molar-refractivity contribution >= 4 is 34.2 Å². The second kappa shape index (κ2) is 7.65. The number of hydrogen-bond acceptors (Lipinski definition) is 4. The minimum atomic E-state index is -0.385. The number of carbonyl (C=O) groups is 1. The lowest BCUT2D eigenvalue weighted by Gasteiger charge is -2.11. The summed E-state index contributed by atoms with van der Waals surface area (Å²) in [6, 6.07) is 5.64. The van der Waals surface area contributed by atoms with E-state index in [4.69, 9.17) is 4.74 Å². The van der Waals surface area contributed by atoms with E-state index in [0.717, 1.165) is 34.7 Å². The number of benzene rings is 1. The molecule has 2 aliphatic heterocycles. The monoisotopic (exact) mass is 358 g/mol. The lowest BCUT2D eigenvalue weighted by atomic mass is 10.0. The van der Waals surface area contributed by atoms with Crippen LogP contribution in [0.25, 0.3) is 5.57 Å². The highest BCUT2D eigenvalue weighted by atomic mass is 32.2. The highest BCUT2D eigenvalue weighted by Crippen LogP contribution is 2.49. The lowest BCUT2D eigenvalue weighted by molar-refractivity contribution is 0.200. The van der Waals surface area contributed by atoms with Crippen LogP contribution >= 0.6 is 11.8 Å². The third-order valence-electron chi connectivity index (χ3n) is 4.32. The number of nitrogens with zero attached hydrogens (tertiary/aromatic N) is 1. The minimum Gasteiger partial charge on any atom is -0.410 e. The van der Waals surface area contributed by atoms with E-state index in [1.54, 1.807) is 17.8 Å². The summed E-state index contributed by atoms with van der Waals surface area (Å²) < 4.78 is 5.50. The van der Waals surface area contributed by atoms with E-state index in [1.165, 1.54) is 19.3 Å². The van der Waals surface area contributed by atoms with Crippen LogP contribution in [0.3, 0.4) is 0 Å². The lowest BCUT2D eigenvalue weighted by Crippen LogP contribution is -2.27. The molecule has 0 spiro atoms. The van der Waals surface area contributed by atoms with Crippen molar-refractivity contribution in [3.8, 4) is 5.75 Å². The number of thioether (sulfide) groups is 1. The molecule has 0 aromatic heterocycles. The number of fused-ring (bicyclic) bond motifs is 3. The van der Waals surface area contributed by atoms with E-state index >= 15 is 0 Å². The van der Waals surface area contributed by atoms with Gasteiger partial charge in [0, 0.05) is 22.4 Å². The molecule has 0 saturated heterocycles. The van der Waals surface area contributed by atoms with E-state index in [0.29, 0.717) is 12.3 Å². The molecule has 4 nitrogen and oxygen atoms in total. The van der Waals surface area contributed by atoms with E-state index < -0.39 is 0 Å². The molecular weight excluding hydrogens is 332 g/mol. The molecule has 1 aromatic rings. The Hall–Kier alpha value is -1.75. The maximum absolute atomic E-state index is 12.0. The second-order valence-corrected chi connectivity index (χ2v) is 8.73. The normalized spacial score (nSPS) is 16.8. The molecule has 0 fully saturated rings. The van der Waals surface area contributed by atoms with Crippen LogP contribution in [0.15, 0.2) is 29.3 Å². The molecule has 2 heterocycles. The third-order valence-corrected chi connectivity index (χ3v) is 5.47. The highest BCUT2D eigenvalue weighted by Gasteiger charge is 2.34. The Bertz CT molecular complexity index is 722. The van der Waals surface area contributed by atoms with Gasteiger partial charge in [-0.05, 0) is 38.5 Å². The molecule has 0 saturated carbocycles. The first-order valence-corrected chi connectivity index (χ1v) is 9.91. The summed E-state index contributed by atoms with van der Waals surface area (Å²) in [5, 5.41) is 3.89. The van der Waals surface area contributed by atoms with E-state index in [2.05, 4.69) is 37.2 Å². The molecule has 2 aliphatic rings. The zero-order chi connectivity index (χ0) is 17.9. The number of unbranched alkanes of at least 4 members (excludes halogenated alkanes) is 4. The van der Waals surface area contributed by atoms with Gasteiger partial charge in [0.1, 0.15) is 10.8 Å². The van der Waals surface area contributed by atoms with E-state index in [9.17, 15) is 4.79 Å². The van der Waals surface area contributed by atoms with Gasteiger partial charge in [0.15, 0.2) is 0 Å². The van der Waals surface area contributed by atoms with Crippen LogP contribution in [0.2, 0.25) is 0 Å². The molecule has 3 rings (SSSR count). The smallest absolute Gasteiger partial charge is 0.410 e. The number of amides is 1. The molecule has 1 aromatic carbocycles. The Morgan fingerprint density at radius 2 is 2.04 bits per heavy atom. The predicted octanol–water partition coefficient (Wildman–Crippen LogP) is 5.70. The van der Waals surface area contributed by atoms with Gasteiger partial charge >= 0.3 is 6.09 Å². The van der Waals surface area contributed by atoms with Crippen LogP contribution in [0.4, 0.5) is 10.5 Å². The maximum atomic E-state index is 12.0. The number of nitrogens with one attached hydrogen (secondary N) is 1. The molecule has 0 radical (unpaired) electrons. The molecule has 0 aliphatic carbocycles. The van der Waals surface area contributed by atoms with Gasteiger partial charge in [0.2, 0.25) is 0 Å². The van der Waals surface area contributed by atoms with Crippen molar-refractivity contribution < 1.29 is 9.53 Å². The van der Waals surface area contributed by atoms with E-state index in [1.807, 2.05) is 12.1 Å². The Morgan fingerprint density at radius 3 is 2.84 bits per heavy atom. The van der Waals surface area contributed by atoms with Crippen molar-refractivity contribution in [2.45, 2.75) is 57.6 Å². The van der Waals surface area contributed by atoms with Crippen LogP contribution in [0.1, 0.15) is 58.4 Å². The first kappa shape index (κ1) is 18.1. The highest BCUT2D eigenvalue weighted by molar-refractivity contribution is 8.16. The number of carbonyl (C=O) groups excluding carboxylic acids is 1. The van der Waals surface area contributed by atoms with Gasteiger partial charge in [0.05, 0.1) is 5.69 Å². The van der Waals surface area contributed by atoms with Crippen molar-refractivity contribution in [2.75, 3.05) is 6.54 Å². The SMILES string of the molecule is CCCCCCCNC(=O)Oc1ccc2c(c1)C1=CC(C)(C)SC1=N2. The fourth-order valence-electron chi connectivity index (χ4n) is 3.08. The minimum absolute atomic E-state index is 0.0673. The number of ether oxygens (including phenoxy) is 1. The molecule has 5 heteroatoms. The molecule has 0 unspecified atom stereocenters. The average Bonchev–Trinajstić information content (AvgIpc) is 3.02. The zero-order valence-corrected chi connectivity index (χ0v) is 16.0. The quantitative estimate of drug-likeness (QED) is 0.636. The summed E-state index contributed by atoms with van der Waals surface area (Å²) in [5.41, 5.74) is 3.16. The van der Waals surface area contributed by atoms with Gasteiger partial charge < -0.3 is 10.1 Å². The van der Waals surface area contributed by atoms with Crippen LogP contribution in [-0.4, -0.2) is 22.4 Å². The van der Waals surface area contributed by atoms with Crippen LogP contribution in [0.5, 0.6) is 5.75 Å². The van der Waals surface area contributed by atoms with Gasteiger partial charge in [-0.15, -0.1) is 0 Å². The Kier molecular flexibility index (Phi) is 5.52. The maximum Gasteiger partial charge on any atom is 0.412 e. The van der Waals surface area contributed by atoms with Crippen molar-refractivity contribution in [2.24, 2.45) is 4.99 Å². The first-order chi connectivity index (χ1) is 12.0. The van der Waals surface area contributed by atoms with Gasteiger partial charge in [-0.3, -0.25) is 0 Å². The summed E-state index contributed by atoms with van der Waals surface area (Å²) in [6.45, 7) is 7.22. The largest absolute Gasteiger partial charge is 0.412 e. The van der Waals surface area contributed by atoms with Crippen molar-refractivity contribution in [1.29, 1.82) is 0 Å². The summed E-state index contributed by atoms with van der Waals surface area (Å²) in [7, 11) is 0. The summed E-state index contributed by atoms with van der Waals surface area (Å²) in [4.78, 5) is 16.6. The van der Waals surface area contributed by atoms with Crippen molar-refractivity contribution in [3.63, 3.8) is 0 Å². The van der Waals surface area contributed by atoms with Crippen molar-refractivity contribution in [1.82, 2.24) is 5.32 Å². The summed E-state index contributed by atoms with van der Waals surface area (Å²) >= 11 is 1.77. The van der Waals surface area contributed by atoms with Gasteiger partial charge in [-0.25, -0.2) is 9.79 Å². The third kappa shape index (κ3) is 4.46. The average molecular weight is 359 g/mol. The number of rotatable bonds is 7. The molecule has 25 heavy (non-hydrogen) atoms.